The van der Waals surface area contributed by atoms with Gasteiger partial charge in [-0.25, -0.2) is 0 Å². The summed E-state index contributed by atoms with van der Waals surface area (Å²) in [6.45, 7) is 4.66. The maximum atomic E-state index is 3.55. The van der Waals surface area contributed by atoms with Crippen molar-refractivity contribution in [3.63, 3.8) is 0 Å². The summed E-state index contributed by atoms with van der Waals surface area (Å²) in [6, 6.07) is 5.62. The lowest BCUT2D eigenvalue weighted by atomic mass is 10.2. The molecular weight excluding hydrogens is 240 g/mol. The third-order valence-electron chi connectivity index (χ3n) is 3.29. The van der Waals surface area contributed by atoms with E-state index in [9.17, 15) is 0 Å². The van der Waals surface area contributed by atoms with E-state index in [0.29, 0.717) is 12.1 Å². The Hall–Kier alpha value is -0.0900. The largest absolute Gasteiger partial charge is 0.313 e. The predicted molar refractivity (Wildman–Crippen MR) is 73.6 cm³/mol. The number of thiophene rings is 1. The summed E-state index contributed by atoms with van der Waals surface area (Å²) in [5.74, 6) is 0. The molecule has 1 aromatic heterocycles. The van der Waals surface area contributed by atoms with Crippen molar-refractivity contribution in [2.45, 2.75) is 31.8 Å². The van der Waals surface area contributed by atoms with Gasteiger partial charge in [0.2, 0.25) is 0 Å². The monoisotopic (exact) mass is 260 g/mol. The summed E-state index contributed by atoms with van der Waals surface area (Å²) >= 11 is 1.86. The molecule has 0 aromatic carbocycles. The Kier molecular flexibility index (Phi) is 5.76. The summed E-state index contributed by atoms with van der Waals surface area (Å²) in [6.07, 6.45) is 2.67. The van der Waals surface area contributed by atoms with Gasteiger partial charge in [0.25, 0.3) is 0 Å². The number of nitrogens with one attached hydrogen (secondary N) is 1. The molecule has 0 saturated carbocycles. The van der Waals surface area contributed by atoms with Crippen LogP contribution < -0.4 is 5.32 Å². The van der Waals surface area contributed by atoms with Crippen LogP contribution in [0.15, 0.2) is 17.5 Å². The highest BCUT2D eigenvalue weighted by atomic mass is 35.5. The van der Waals surface area contributed by atoms with Gasteiger partial charge < -0.3 is 5.32 Å². The van der Waals surface area contributed by atoms with Crippen LogP contribution in [0.4, 0.5) is 0 Å². The summed E-state index contributed by atoms with van der Waals surface area (Å²) in [4.78, 5) is 3.92. The van der Waals surface area contributed by atoms with Crippen molar-refractivity contribution in [2.75, 3.05) is 20.1 Å². The summed E-state index contributed by atoms with van der Waals surface area (Å²) in [5.41, 5.74) is 0. The van der Waals surface area contributed by atoms with Crippen LogP contribution >= 0.6 is 23.7 Å². The average Bonchev–Trinajstić information content (AvgIpc) is 2.88. The fourth-order valence-electron chi connectivity index (χ4n) is 2.16. The van der Waals surface area contributed by atoms with Crippen LogP contribution in [0.5, 0.6) is 0 Å². The number of nitrogens with zero attached hydrogens (tertiary/aromatic N) is 1. The van der Waals surface area contributed by atoms with Crippen LogP contribution in [-0.4, -0.2) is 31.1 Å². The zero-order valence-corrected chi connectivity index (χ0v) is 11.6. The third kappa shape index (κ3) is 3.45. The van der Waals surface area contributed by atoms with Crippen LogP contribution in [0.25, 0.3) is 0 Å². The Bertz CT molecular complexity index is 283. The van der Waals surface area contributed by atoms with Gasteiger partial charge in [0.15, 0.2) is 0 Å². The van der Waals surface area contributed by atoms with Crippen LogP contribution in [0.3, 0.4) is 0 Å². The van der Waals surface area contributed by atoms with Crippen LogP contribution in [0.2, 0.25) is 0 Å². The molecule has 1 aliphatic heterocycles. The van der Waals surface area contributed by atoms with Crippen molar-refractivity contribution >= 4 is 23.7 Å². The lowest BCUT2D eigenvalue weighted by molar-refractivity contribution is 0.241. The van der Waals surface area contributed by atoms with Gasteiger partial charge >= 0.3 is 0 Å². The minimum Gasteiger partial charge on any atom is -0.313 e. The summed E-state index contributed by atoms with van der Waals surface area (Å²) in [5, 5.41) is 5.71. The van der Waals surface area contributed by atoms with Gasteiger partial charge in [-0.15, -0.1) is 23.7 Å². The second-order valence-electron chi connectivity index (χ2n) is 4.42. The maximum absolute atomic E-state index is 3.55. The molecule has 1 saturated heterocycles. The number of halogens is 1. The first-order valence-corrected chi connectivity index (χ1v) is 6.62. The van der Waals surface area contributed by atoms with Crippen LogP contribution in [0, 0.1) is 0 Å². The highest BCUT2D eigenvalue weighted by Crippen LogP contribution is 2.23. The summed E-state index contributed by atoms with van der Waals surface area (Å²) < 4.78 is 0. The highest BCUT2D eigenvalue weighted by Gasteiger charge is 2.19. The van der Waals surface area contributed by atoms with Gasteiger partial charge in [-0.3, -0.25) is 4.90 Å². The first kappa shape index (κ1) is 14.0. The van der Waals surface area contributed by atoms with Gasteiger partial charge in [-0.1, -0.05) is 6.07 Å². The van der Waals surface area contributed by atoms with Crippen molar-refractivity contribution in [3.05, 3.63) is 22.4 Å². The first-order valence-electron chi connectivity index (χ1n) is 5.74. The van der Waals surface area contributed by atoms with E-state index in [-0.39, 0.29) is 12.4 Å². The molecule has 1 aliphatic rings. The smallest absolute Gasteiger partial charge is 0.0410 e. The minimum atomic E-state index is 0. The van der Waals surface area contributed by atoms with Gasteiger partial charge in [-0.2, -0.15) is 0 Å². The highest BCUT2D eigenvalue weighted by molar-refractivity contribution is 7.10. The minimum absolute atomic E-state index is 0. The van der Waals surface area contributed by atoms with Gasteiger partial charge in [0, 0.05) is 23.5 Å². The SMILES string of the molecule is CC(c1cccs1)N(C)CC1CCCN1.Cl. The molecule has 2 rings (SSSR count). The molecule has 1 N–H and O–H groups in total. The molecule has 2 heterocycles. The normalized spacial score (nSPS) is 22.1. The van der Waals surface area contributed by atoms with E-state index in [1.807, 2.05) is 11.3 Å². The number of hydrogen-bond acceptors (Lipinski definition) is 3. The van der Waals surface area contributed by atoms with Crippen molar-refractivity contribution in [1.82, 2.24) is 10.2 Å². The fourth-order valence-corrected chi connectivity index (χ4v) is 3.01. The molecule has 0 aliphatic carbocycles. The van der Waals surface area contributed by atoms with Crippen molar-refractivity contribution in [2.24, 2.45) is 0 Å². The van der Waals surface area contributed by atoms with Gasteiger partial charge in [0.05, 0.1) is 0 Å². The second-order valence-corrected chi connectivity index (χ2v) is 5.40. The van der Waals surface area contributed by atoms with Crippen LogP contribution in [-0.2, 0) is 0 Å². The fraction of sp³-hybridized carbons (Fsp3) is 0.667. The summed E-state index contributed by atoms with van der Waals surface area (Å²) in [7, 11) is 2.23. The van der Waals surface area contributed by atoms with E-state index in [4.69, 9.17) is 0 Å². The Balaban J connectivity index is 0.00000128. The Morgan fingerprint density at radius 3 is 3.00 bits per heavy atom. The van der Waals surface area contributed by atoms with Crippen molar-refractivity contribution in [3.8, 4) is 0 Å². The quantitative estimate of drug-likeness (QED) is 0.896. The zero-order valence-electron chi connectivity index (χ0n) is 9.98. The molecule has 1 aromatic rings. The van der Waals surface area contributed by atoms with Gasteiger partial charge in [0.1, 0.15) is 0 Å². The number of hydrogen-bond donors (Lipinski definition) is 1. The van der Waals surface area contributed by atoms with E-state index in [1.165, 1.54) is 30.8 Å². The first-order chi connectivity index (χ1) is 7.27. The average molecular weight is 261 g/mol. The van der Waals surface area contributed by atoms with Crippen molar-refractivity contribution in [1.29, 1.82) is 0 Å². The molecule has 92 valence electrons. The lowest BCUT2D eigenvalue weighted by Crippen LogP contribution is -2.36. The Morgan fingerprint density at radius 2 is 2.44 bits per heavy atom. The van der Waals surface area contributed by atoms with Crippen molar-refractivity contribution < 1.29 is 0 Å². The van der Waals surface area contributed by atoms with E-state index in [2.05, 4.69) is 41.7 Å². The standard InChI is InChI=1S/C12H20N2S.ClH/c1-10(12-6-4-8-15-12)14(2)9-11-5-3-7-13-11;/h4,6,8,10-11,13H,3,5,7,9H2,1-2H3;1H. The maximum Gasteiger partial charge on any atom is 0.0410 e. The molecule has 0 spiro atoms. The molecule has 1 fully saturated rings. The molecule has 2 unspecified atom stereocenters. The van der Waals surface area contributed by atoms with E-state index in [1.54, 1.807) is 0 Å². The van der Waals surface area contributed by atoms with E-state index < -0.39 is 0 Å². The molecule has 16 heavy (non-hydrogen) atoms. The third-order valence-corrected chi connectivity index (χ3v) is 4.33. The second kappa shape index (κ2) is 6.60. The molecule has 0 radical (unpaired) electrons. The molecule has 2 nitrogen and oxygen atoms in total. The number of rotatable bonds is 4. The molecule has 4 heteroatoms. The zero-order chi connectivity index (χ0) is 10.7. The molecule has 0 amide bonds. The Morgan fingerprint density at radius 1 is 1.62 bits per heavy atom. The molecule has 2 atom stereocenters. The molecule has 0 bridgehead atoms. The predicted octanol–water partition coefficient (Wildman–Crippen LogP) is 2.91. The van der Waals surface area contributed by atoms with Gasteiger partial charge in [-0.05, 0) is 44.8 Å². The Labute approximate surface area is 108 Å². The molecular formula is C12H21ClN2S. The lowest BCUT2D eigenvalue weighted by Gasteiger charge is -2.26. The van der Waals surface area contributed by atoms with E-state index >= 15 is 0 Å². The number of likely N-dealkylation sites (N-methyl/N-ethyl adjacent to an activating group) is 1. The topological polar surface area (TPSA) is 15.3 Å². The van der Waals surface area contributed by atoms with Crippen LogP contribution in [0.1, 0.15) is 30.7 Å². The van der Waals surface area contributed by atoms with E-state index in [0.717, 1.165) is 0 Å².